The van der Waals surface area contributed by atoms with Crippen LogP contribution in [0.5, 0.6) is 0 Å². The van der Waals surface area contributed by atoms with Crippen molar-refractivity contribution in [2.45, 2.75) is 27.7 Å². The van der Waals surface area contributed by atoms with Crippen molar-refractivity contribution in [1.82, 2.24) is 15.0 Å². The van der Waals surface area contributed by atoms with E-state index in [1.165, 1.54) is 0 Å². The Morgan fingerprint density at radius 2 is 1.58 bits per heavy atom. The molecule has 2 amide bonds. The first-order valence-electron chi connectivity index (χ1n) is 8.89. The molecule has 138 valence electrons. The fourth-order valence-corrected chi connectivity index (χ4v) is 3.16. The van der Waals surface area contributed by atoms with E-state index in [-0.39, 0.29) is 11.8 Å². The summed E-state index contributed by atoms with van der Waals surface area (Å²) in [6.07, 6.45) is 0. The molecular formula is C20H25N3O3. The monoisotopic (exact) mass is 355 g/mol. The standard InChI is InChI=1S/C20H25N3O3/c1-14-16(17(21-26-14)15-8-6-5-7-9-15)18(24)22-10-12-23(13-11-22)19(25)20(2,3)4/h5-9H,10-13H2,1-4H3. The minimum absolute atomic E-state index is 0.0922. The molecule has 0 bridgehead atoms. The second-order valence-electron chi connectivity index (χ2n) is 7.66. The molecule has 2 aromatic rings. The van der Waals surface area contributed by atoms with E-state index in [1.54, 1.807) is 11.8 Å². The van der Waals surface area contributed by atoms with E-state index in [9.17, 15) is 9.59 Å². The summed E-state index contributed by atoms with van der Waals surface area (Å²) < 4.78 is 5.30. The molecular weight excluding hydrogens is 330 g/mol. The highest BCUT2D eigenvalue weighted by molar-refractivity contribution is 6.01. The van der Waals surface area contributed by atoms with Gasteiger partial charge in [0.15, 0.2) is 0 Å². The number of hydrogen-bond donors (Lipinski definition) is 0. The van der Waals surface area contributed by atoms with Crippen LogP contribution in [0.4, 0.5) is 0 Å². The maximum atomic E-state index is 13.1. The number of aromatic nitrogens is 1. The number of rotatable bonds is 2. The number of carbonyl (C=O) groups is 2. The highest BCUT2D eigenvalue weighted by Crippen LogP contribution is 2.27. The van der Waals surface area contributed by atoms with Gasteiger partial charge in [0.1, 0.15) is 17.0 Å². The van der Waals surface area contributed by atoms with Crippen molar-refractivity contribution in [2.24, 2.45) is 5.41 Å². The van der Waals surface area contributed by atoms with Gasteiger partial charge in [0, 0.05) is 37.2 Å². The van der Waals surface area contributed by atoms with E-state index in [0.29, 0.717) is 43.2 Å². The first-order valence-corrected chi connectivity index (χ1v) is 8.89. The summed E-state index contributed by atoms with van der Waals surface area (Å²) in [4.78, 5) is 29.1. The van der Waals surface area contributed by atoms with Gasteiger partial charge in [-0.25, -0.2) is 0 Å². The number of benzene rings is 1. The lowest BCUT2D eigenvalue weighted by Crippen LogP contribution is -2.53. The van der Waals surface area contributed by atoms with Gasteiger partial charge in [0.25, 0.3) is 5.91 Å². The third kappa shape index (κ3) is 3.49. The Hall–Kier alpha value is -2.63. The zero-order valence-electron chi connectivity index (χ0n) is 15.8. The fourth-order valence-electron chi connectivity index (χ4n) is 3.16. The van der Waals surface area contributed by atoms with Crippen LogP contribution in [0.1, 0.15) is 36.9 Å². The number of aryl methyl sites for hydroxylation is 1. The highest BCUT2D eigenvalue weighted by atomic mass is 16.5. The van der Waals surface area contributed by atoms with Gasteiger partial charge in [-0.3, -0.25) is 9.59 Å². The highest BCUT2D eigenvalue weighted by Gasteiger charge is 2.33. The van der Waals surface area contributed by atoms with E-state index in [1.807, 2.05) is 56.0 Å². The Morgan fingerprint density at radius 1 is 1.00 bits per heavy atom. The molecule has 1 fully saturated rings. The molecule has 0 aliphatic carbocycles. The maximum absolute atomic E-state index is 13.1. The van der Waals surface area contributed by atoms with Crippen molar-refractivity contribution in [3.63, 3.8) is 0 Å². The van der Waals surface area contributed by atoms with E-state index in [2.05, 4.69) is 5.16 Å². The van der Waals surface area contributed by atoms with Crippen molar-refractivity contribution in [3.8, 4) is 11.3 Å². The van der Waals surface area contributed by atoms with Crippen LogP contribution in [0, 0.1) is 12.3 Å². The Labute approximate surface area is 153 Å². The first-order chi connectivity index (χ1) is 12.3. The molecule has 0 unspecified atom stereocenters. The molecule has 2 heterocycles. The minimum Gasteiger partial charge on any atom is -0.360 e. The van der Waals surface area contributed by atoms with E-state index in [0.717, 1.165) is 5.56 Å². The molecule has 0 atom stereocenters. The second kappa shape index (κ2) is 6.94. The van der Waals surface area contributed by atoms with E-state index in [4.69, 9.17) is 4.52 Å². The van der Waals surface area contributed by atoms with Crippen LogP contribution in [0.2, 0.25) is 0 Å². The van der Waals surface area contributed by atoms with Crippen molar-refractivity contribution >= 4 is 11.8 Å². The van der Waals surface area contributed by atoms with Gasteiger partial charge in [0.2, 0.25) is 5.91 Å². The molecule has 1 aliphatic rings. The van der Waals surface area contributed by atoms with Crippen LogP contribution in [0.15, 0.2) is 34.9 Å². The van der Waals surface area contributed by atoms with Gasteiger partial charge in [-0.05, 0) is 6.92 Å². The van der Waals surface area contributed by atoms with Gasteiger partial charge < -0.3 is 14.3 Å². The summed E-state index contributed by atoms with van der Waals surface area (Å²) >= 11 is 0. The van der Waals surface area contributed by atoms with Gasteiger partial charge in [-0.15, -0.1) is 0 Å². The molecule has 0 spiro atoms. The van der Waals surface area contributed by atoms with Crippen molar-refractivity contribution in [1.29, 1.82) is 0 Å². The summed E-state index contributed by atoms with van der Waals surface area (Å²) in [5.74, 6) is 0.545. The number of hydrogen-bond acceptors (Lipinski definition) is 4. The van der Waals surface area contributed by atoms with Crippen molar-refractivity contribution in [3.05, 3.63) is 41.7 Å². The lowest BCUT2D eigenvalue weighted by molar-refractivity contribution is -0.140. The zero-order chi connectivity index (χ0) is 18.9. The van der Waals surface area contributed by atoms with Crippen molar-refractivity contribution in [2.75, 3.05) is 26.2 Å². The predicted molar refractivity (Wildman–Crippen MR) is 98.6 cm³/mol. The summed E-state index contributed by atoms with van der Waals surface area (Å²) in [6.45, 7) is 9.63. The molecule has 6 heteroatoms. The normalized spacial score (nSPS) is 15.2. The smallest absolute Gasteiger partial charge is 0.259 e. The van der Waals surface area contributed by atoms with E-state index >= 15 is 0 Å². The second-order valence-corrected chi connectivity index (χ2v) is 7.66. The Bertz CT molecular complexity index is 797. The average Bonchev–Trinajstić information content (AvgIpc) is 3.02. The summed E-state index contributed by atoms with van der Waals surface area (Å²) in [5.41, 5.74) is 1.53. The lowest BCUT2D eigenvalue weighted by atomic mass is 9.94. The summed E-state index contributed by atoms with van der Waals surface area (Å²) in [5, 5.41) is 4.09. The molecule has 26 heavy (non-hydrogen) atoms. The number of amides is 2. The molecule has 6 nitrogen and oxygen atoms in total. The van der Waals surface area contributed by atoms with Gasteiger partial charge in [0.05, 0.1) is 0 Å². The van der Waals surface area contributed by atoms with Crippen molar-refractivity contribution < 1.29 is 14.1 Å². The molecule has 1 saturated heterocycles. The molecule has 3 rings (SSSR count). The summed E-state index contributed by atoms with van der Waals surface area (Å²) in [7, 11) is 0. The van der Waals surface area contributed by atoms with Gasteiger partial charge in [-0.2, -0.15) is 0 Å². The largest absolute Gasteiger partial charge is 0.360 e. The predicted octanol–water partition coefficient (Wildman–Crippen LogP) is 2.98. The number of carbonyl (C=O) groups excluding carboxylic acids is 2. The Kier molecular flexibility index (Phi) is 4.85. The Balaban J connectivity index is 1.76. The van der Waals surface area contributed by atoms with Gasteiger partial charge >= 0.3 is 0 Å². The maximum Gasteiger partial charge on any atom is 0.259 e. The number of piperazine rings is 1. The average molecular weight is 355 g/mol. The van der Waals surface area contributed by atoms with Crippen LogP contribution in [0.25, 0.3) is 11.3 Å². The SMILES string of the molecule is Cc1onc(-c2ccccc2)c1C(=O)N1CCN(C(=O)C(C)(C)C)CC1. The van der Waals surface area contributed by atoms with Gasteiger partial charge in [-0.1, -0.05) is 56.3 Å². The van der Waals surface area contributed by atoms with Crippen LogP contribution in [-0.4, -0.2) is 52.9 Å². The molecule has 0 radical (unpaired) electrons. The zero-order valence-corrected chi connectivity index (χ0v) is 15.8. The molecule has 0 N–H and O–H groups in total. The van der Waals surface area contributed by atoms with Crippen LogP contribution < -0.4 is 0 Å². The topological polar surface area (TPSA) is 66.7 Å². The van der Waals surface area contributed by atoms with E-state index < -0.39 is 5.41 Å². The molecule has 1 aromatic carbocycles. The number of nitrogens with zero attached hydrogens (tertiary/aromatic N) is 3. The Morgan fingerprint density at radius 3 is 2.15 bits per heavy atom. The third-order valence-electron chi connectivity index (χ3n) is 4.62. The first kappa shape index (κ1) is 18.2. The quantitative estimate of drug-likeness (QED) is 0.831. The third-order valence-corrected chi connectivity index (χ3v) is 4.62. The molecule has 0 saturated carbocycles. The summed E-state index contributed by atoms with van der Waals surface area (Å²) in [6, 6.07) is 9.56. The van der Waals surface area contributed by atoms with Crippen LogP contribution in [-0.2, 0) is 4.79 Å². The minimum atomic E-state index is -0.405. The molecule has 1 aromatic heterocycles. The van der Waals surface area contributed by atoms with Crippen LogP contribution in [0.3, 0.4) is 0 Å². The fraction of sp³-hybridized carbons (Fsp3) is 0.450. The lowest BCUT2D eigenvalue weighted by Gasteiger charge is -2.37. The van der Waals surface area contributed by atoms with Crippen LogP contribution >= 0.6 is 0 Å². The molecule has 1 aliphatic heterocycles.